The monoisotopic (exact) mass is 591 g/mol. The normalized spacial score (nSPS) is 14.6. The molecule has 1 aliphatic carbocycles. The van der Waals surface area contributed by atoms with E-state index in [1.165, 1.54) is 4.90 Å². The first-order valence-corrected chi connectivity index (χ1v) is 15.9. The SMILES string of the molecule is COc1cccc(CN(C(=O)CN(c2ccccc2C)S(=O)(=O)c2ccc(C)cc2)[C@@H](C)C(=O)NC2CCCCC2)c1. The molecule has 224 valence electrons. The Morgan fingerprint density at radius 3 is 2.31 bits per heavy atom. The molecule has 0 unspecified atom stereocenters. The number of benzene rings is 3. The van der Waals surface area contributed by atoms with Crippen molar-refractivity contribution in [1.82, 2.24) is 10.2 Å². The molecule has 2 amide bonds. The van der Waals surface area contributed by atoms with Crippen LogP contribution in [-0.2, 0) is 26.2 Å². The number of carbonyl (C=O) groups excluding carboxylic acids is 2. The highest BCUT2D eigenvalue weighted by Crippen LogP contribution is 2.28. The van der Waals surface area contributed by atoms with Crippen molar-refractivity contribution in [2.45, 2.75) is 76.4 Å². The van der Waals surface area contributed by atoms with Crippen LogP contribution in [-0.4, -0.2) is 50.9 Å². The summed E-state index contributed by atoms with van der Waals surface area (Å²) in [6.07, 6.45) is 5.12. The molecule has 3 aromatic rings. The van der Waals surface area contributed by atoms with Gasteiger partial charge in [-0.25, -0.2) is 8.42 Å². The number of sulfonamides is 1. The molecule has 4 rings (SSSR count). The van der Waals surface area contributed by atoms with E-state index in [1.807, 2.05) is 50.2 Å². The zero-order valence-electron chi connectivity index (χ0n) is 24.9. The largest absolute Gasteiger partial charge is 0.497 e. The van der Waals surface area contributed by atoms with Crippen molar-refractivity contribution >= 4 is 27.5 Å². The van der Waals surface area contributed by atoms with Gasteiger partial charge < -0.3 is 15.0 Å². The van der Waals surface area contributed by atoms with Gasteiger partial charge in [0.15, 0.2) is 0 Å². The zero-order valence-corrected chi connectivity index (χ0v) is 25.7. The summed E-state index contributed by atoms with van der Waals surface area (Å²) in [7, 11) is -2.54. The molecule has 1 fully saturated rings. The van der Waals surface area contributed by atoms with E-state index < -0.39 is 28.5 Å². The number of nitrogens with zero attached hydrogens (tertiary/aromatic N) is 2. The van der Waals surface area contributed by atoms with E-state index in [0.29, 0.717) is 17.0 Å². The summed E-state index contributed by atoms with van der Waals surface area (Å²) in [5.74, 6) is -0.104. The Bertz CT molecular complexity index is 1480. The number of methoxy groups -OCH3 is 1. The maximum atomic E-state index is 14.2. The number of carbonyl (C=O) groups is 2. The Balaban J connectivity index is 1.69. The number of hydrogen-bond donors (Lipinski definition) is 1. The van der Waals surface area contributed by atoms with Crippen LogP contribution in [0.5, 0.6) is 5.75 Å². The second-order valence-corrected chi connectivity index (χ2v) is 12.9. The molecule has 0 radical (unpaired) electrons. The first kappa shape index (κ1) is 31.1. The van der Waals surface area contributed by atoms with Gasteiger partial charge in [0.1, 0.15) is 18.3 Å². The van der Waals surface area contributed by atoms with Gasteiger partial charge in [-0.05, 0) is 75.1 Å². The average molecular weight is 592 g/mol. The van der Waals surface area contributed by atoms with Crippen molar-refractivity contribution in [3.05, 3.63) is 89.5 Å². The molecule has 0 aromatic heterocycles. The second kappa shape index (κ2) is 13.9. The quantitative estimate of drug-likeness (QED) is 0.323. The van der Waals surface area contributed by atoms with Gasteiger partial charge in [0.05, 0.1) is 17.7 Å². The fourth-order valence-electron chi connectivity index (χ4n) is 5.31. The minimum atomic E-state index is -4.11. The molecule has 0 spiro atoms. The van der Waals surface area contributed by atoms with Gasteiger partial charge in [-0.3, -0.25) is 13.9 Å². The van der Waals surface area contributed by atoms with Crippen molar-refractivity contribution in [3.63, 3.8) is 0 Å². The fraction of sp³-hybridized carbons (Fsp3) is 0.394. The van der Waals surface area contributed by atoms with E-state index in [-0.39, 0.29) is 23.4 Å². The Labute approximate surface area is 249 Å². The van der Waals surface area contributed by atoms with E-state index in [1.54, 1.807) is 50.4 Å². The number of amides is 2. The van der Waals surface area contributed by atoms with Gasteiger partial charge in [-0.1, -0.05) is 67.3 Å². The standard InChI is InChI=1S/C33H41N3O5S/c1-24-17-19-30(20-18-24)42(39,40)36(31-16-9-8-11-25(31)2)23-32(37)35(22-27-12-10-15-29(21-27)41-4)26(3)33(38)34-28-13-6-5-7-14-28/h8-12,15-21,26,28H,5-7,13-14,22-23H2,1-4H3,(H,34,38)/t26-/m0/s1. The molecule has 1 aliphatic rings. The summed E-state index contributed by atoms with van der Waals surface area (Å²) in [4.78, 5) is 29.2. The van der Waals surface area contributed by atoms with Crippen LogP contribution in [0.1, 0.15) is 55.7 Å². The lowest BCUT2D eigenvalue weighted by Gasteiger charge is -2.33. The van der Waals surface area contributed by atoms with Gasteiger partial charge in [-0.2, -0.15) is 0 Å². The molecule has 0 saturated heterocycles. The van der Waals surface area contributed by atoms with Gasteiger partial charge >= 0.3 is 0 Å². The maximum Gasteiger partial charge on any atom is 0.264 e. The van der Waals surface area contributed by atoms with Crippen LogP contribution in [0.2, 0.25) is 0 Å². The molecule has 3 aromatic carbocycles. The van der Waals surface area contributed by atoms with Gasteiger partial charge in [0.2, 0.25) is 11.8 Å². The number of nitrogens with one attached hydrogen (secondary N) is 1. The van der Waals surface area contributed by atoms with Crippen molar-refractivity contribution in [2.24, 2.45) is 0 Å². The van der Waals surface area contributed by atoms with Crippen LogP contribution >= 0.6 is 0 Å². The van der Waals surface area contributed by atoms with Gasteiger partial charge in [0.25, 0.3) is 10.0 Å². The van der Waals surface area contributed by atoms with Crippen LogP contribution in [0.4, 0.5) is 5.69 Å². The Morgan fingerprint density at radius 1 is 0.952 bits per heavy atom. The Hall–Kier alpha value is -3.85. The molecular weight excluding hydrogens is 550 g/mol. The number of para-hydroxylation sites is 1. The smallest absolute Gasteiger partial charge is 0.264 e. The molecule has 8 nitrogen and oxygen atoms in total. The van der Waals surface area contributed by atoms with Crippen molar-refractivity contribution < 1.29 is 22.7 Å². The zero-order chi connectivity index (χ0) is 30.3. The summed E-state index contributed by atoms with van der Waals surface area (Å²) in [5.41, 5.74) is 2.81. The minimum Gasteiger partial charge on any atom is -0.497 e. The highest BCUT2D eigenvalue weighted by atomic mass is 32.2. The van der Waals surface area contributed by atoms with E-state index in [9.17, 15) is 18.0 Å². The van der Waals surface area contributed by atoms with E-state index in [2.05, 4.69) is 5.32 Å². The predicted octanol–water partition coefficient (Wildman–Crippen LogP) is 5.37. The first-order valence-electron chi connectivity index (χ1n) is 14.5. The Morgan fingerprint density at radius 2 is 1.64 bits per heavy atom. The lowest BCUT2D eigenvalue weighted by atomic mass is 9.95. The average Bonchev–Trinajstić information content (AvgIpc) is 2.99. The van der Waals surface area contributed by atoms with E-state index in [4.69, 9.17) is 4.74 Å². The Kier molecular flexibility index (Phi) is 10.3. The molecular formula is C33H41N3O5S. The summed E-state index contributed by atoms with van der Waals surface area (Å²) >= 11 is 0. The molecule has 42 heavy (non-hydrogen) atoms. The van der Waals surface area contributed by atoms with Crippen LogP contribution in [0.25, 0.3) is 0 Å². The van der Waals surface area contributed by atoms with Crippen LogP contribution in [0.15, 0.2) is 77.7 Å². The number of rotatable bonds is 11. The van der Waals surface area contributed by atoms with Crippen molar-refractivity contribution in [3.8, 4) is 5.75 Å². The van der Waals surface area contributed by atoms with Crippen LogP contribution < -0.4 is 14.4 Å². The second-order valence-electron chi connectivity index (χ2n) is 11.0. The number of aryl methyl sites for hydroxylation is 2. The number of anilines is 1. The highest BCUT2D eigenvalue weighted by molar-refractivity contribution is 7.92. The first-order chi connectivity index (χ1) is 20.1. The molecule has 1 saturated carbocycles. The molecule has 0 aliphatic heterocycles. The highest BCUT2D eigenvalue weighted by Gasteiger charge is 2.33. The molecule has 0 heterocycles. The minimum absolute atomic E-state index is 0.0767. The number of ether oxygens (including phenoxy) is 1. The molecule has 9 heteroatoms. The lowest BCUT2D eigenvalue weighted by molar-refractivity contribution is -0.139. The van der Waals surface area contributed by atoms with Crippen molar-refractivity contribution in [2.75, 3.05) is 18.0 Å². The van der Waals surface area contributed by atoms with Crippen molar-refractivity contribution in [1.29, 1.82) is 0 Å². The summed E-state index contributed by atoms with van der Waals surface area (Å²) in [6, 6.07) is 20.2. The fourth-order valence-corrected chi connectivity index (χ4v) is 6.79. The maximum absolute atomic E-state index is 14.2. The third-order valence-corrected chi connectivity index (χ3v) is 9.65. The van der Waals surface area contributed by atoms with Gasteiger partial charge in [-0.15, -0.1) is 0 Å². The predicted molar refractivity (Wildman–Crippen MR) is 165 cm³/mol. The van der Waals surface area contributed by atoms with E-state index >= 15 is 0 Å². The lowest BCUT2D eigenvalue weighted by Crippen LogP contribution is -2.53. The van der Waals surface area contributed by atoms with Crippen LogP contribution in [0, 0.1) is 13.8 Å². The van der Waals surface area contributed by atoms with E-state index in [0.717, 1.165) is 47.5 Å². The molecule has 0 bridgehead atoms. The molecule has 1 N–H and O–H groups in total. The van der Waals surface area contributed by atoms with Crippen LogP contribution in [0.3, 0.4) is 0 Å². The molecule has 1 atom stereocenters. The third-order valence-electron chi connectivity index (χ3n) is 7.88. The third kappa shape index (κ3) is 7.50. The number of hydrogen-bond acceptors (Lipinski definition) is 5. The van der Waals surface area contributed by atoms with Gasteiger partial charge in [0, 0.05) is 12.6 Å². The topological polar surface area (TPSA) is 96.0 Å². The summed E-state index contributed by atoms with van der Waals surface area (Å²) in [5, 5.41) is 3.13. The summed E-state index contributed by atoms with van der Waals surface area (Å²) in [6.45, 7) is 5.04. The summed E-state index contributed by atoms with van der Waals surface area (Å²) < 4.78 is 34.6.